The zero-order chi connectivity index (χ0) is 20.4. The maximum atomic E-state index is 13.9. The number of aromatic nitrogens is 2. The molecule has 1 saturated carbocycles. The molecule has 1 aromatic heterocycles. The van der Waals surface area contributed by atoms with Crippen LogP contribution < -0.4 is 5.32 Å². The number of hydrogen-bond donors (Lipinski definition) is 1. The second-order valence-electron chi connectivity index (χ2n) is 7.18. The van der Waals surface area contributed by atoms with Gasteiger partial charge >= 0.3 is 0 Å². The van der Waals surface area contributed by atoms with Crippen LogP contribution in [-0.2, 0) is 11.3 Å². The number of amides is 2. The molecule has 1 fully saturated rings. The zero-order valence-electron chi connectivity index (χ0n) is 16.0. The Labute approximate surface area is 167 Å². The van der Waals surface area contributed by atoms with Crippen molar-refractivity contribution in [1.82, 2.24) is 14.7 Å². The third-order valence-electron chi connectivity index (χ3n) is 4.84. The van der Waals surface area contributed by atoms with E-state index in [2.05, 4.69) is 10.4 Å². The van der Waals surface area contributed by atoms with Crippen molar-refractivity contribution in [2.75, 3.05) is 12.4 Å². The van der Waals surface area contributed by atoms with Gasteiger partial charge in [-0.2, -0.15) is 5.10 Å². The van der Waals surface area contributed by atoms with Crippen LogP contribution in [0, 0.1) is 11.7 Å². The number of para-hydroxylation sites is 1. The fourth-order valence-corrected chi connectivity index (χ4v) is 3.06. The lowest BCUT2D eigenvalue weighted by Gasteiger charge is -2.16. The lowest BCUT2D eigenvalue weighted by Crippen LogP contribution is -2.27. The van der Waals surface area contributed by atoms with E-state index in [-0.39, 0.29) is 35.8 Å². The Morgan fingerprint density at radius 2 is 1.83 bits per heavy atom. The van der Waals surface area contributed by atoms with Crippen molar-refractivity contribution in [3.63, 3.8) is 0 Å². The van der Waals surface area contributed by atoms with Crippen LogP contribution >= 0.6 is 0 Å². The Morgan fingerprint density at radius 3 is 2.52 bits per heavy atom. The fraction of sp³-hybridized carbons (Fsp3) is 0.227. The van der Waals surface area contributed by atoms with Crippen molar-refractivity contribution in [2.24, 2.45) is 5.92 Å². The molecule has 2 amide bonds. The van der Waals surface area contributed by atoms with Crippen molar-refractivity contribution in [3.05, 3.63) is 77.7 Å². The monoisotopic (exact) mass is 392 g/mol. The molecule has 1 aliphatic carbocycles. The third-order valence-corrected chi connectivity index (χ3v) is 4.84. The Bertz CT molecular complexity index is 1040. The molecule has 0 spiro atoms. The van der Waals surface area contributed by atoms with Crippen molar-refractivity contribution < 1.29 is 14.0 Å². The number of carbonyl (C=O) groups is 2. The van der Waals surface area contributed by atoms with Crippen molar-refractivity contribution in [2.45, 2.75) is 19.4 Å². The zero-order valence-corrected chi connectivity index (χ0v) is 16.0. The summed E-state index contributed by atoms with van der Waals surface area (Å²) in [5.74, 6) is -0.322. The highest BCUT2D eigenvalue weighted by molar-refractivity contribution is 5.97. The van der Waals surface area contributed by atoms with E-state index >= 15 is 0 Å². The van der Waals surface area contributed by atoms with E-state index in [4.69, 9.17) is 0 Å². The van der Waals surface area contributed by atoms with E-state index in [1.54, 1.807) is 36.0 Å². The molecule has 4 rings (SSSR count). The maximum absolute atomic E-state index is 13.9. The molecular weight excluding hydrogens is 371 g/mol. The number of hydrogen-bond acceptors (Lipinski definition) is 3. The molecule has 1 N–H and O–H groups in total. The van der Waals surface area contributed by atoms with Gasteiger partial charge in [-0.05, 0) is 31.0 Å². The minimum absolute atomic E-state index is 0.0250. The number of halogens is 1. The normalized spacial score (nSPS) is 13.2. The molecule has 2 aromatic carbocycles. The Hall–Kier alpha value is -3.48. The van der Waals surface area contributed by atoms with E-state index in [1.165, 1.54) is 11.0 Å². The topological polar surface area (TPSA) is 67.2 Å². The molecule has 6 nitrogen and oxygen atoms in total. The maximum Gasteiger partial charge on any atom is 0.274 e. The summed E-state index contributed by atoms with van der Waals surface area (Å²) in [5.41, 5.74) is 1.33. The molecule has 0 saturated heterocycles. The van der Waals surface area contributed by atoms with Gasteiger partial charge in [-0.15, -0.1) is 0 Å². The highest BCUT2D eigenvalue weighted by Gasteiger charge is 2.31. The summed E-state index contributed by atoms with van der Waals surface area (Å²) < 4.78 is 15.5. The van der Waals surface area contributed by atoms with Crippen molar-refractivity contribution in [1.29, 1.82) is 0 Å². The van der Waals surface area contributed by atoms with Crippen LogP contribution in [0.25, 0.3) is 5.69 Å². The lowest BCUT2D eigenvalue weighted by atomic mass is 10.2. The van der Waals surface area contributed by atoms with Gasteiger partial charge in [-0.3, -0.25) is 9.59 Å². The van der Waals surface area contributed by atoms with E-state index in [1.807, 2.05) is 30.3 Å². The van der Waals surface area contributed by atoms with Gasteiger partial charge in [0.15, 0.2) is 5.69 Å². The van der Waals surface area contributed by atoms with Gasteiger partial charge in [0.2, 0.25) is 5.91 Å². The van der Waals surface area contributed by atoms with Crippen LogP contribution in [0.1, 0.15) is 28.9 Å². The molecule has 0 unspecified atom stereocenters. The summed E-state index contributed by atoms with van der Waals surface area (Å²) in [6.07, 6.45) is 1.75. The summed E-state index contributed by atoms with van der Waals surface area (Å²) in [5, 5.41) is 7.29. The molecule has 1 heterocycles. The van der Waals surface area contributed by atoms with Crippen LogP contribution in [0.15, 0.2) is 60.7 Å². The second-order valence-corrected chi connectivity index (χ2v) is 7.18. The molecule has 29 heavy (non-hydrogen) atoms. The standard InChI is InChI=1S/C22H21FN4O2/c1-26(14-16-7-5-6-10-18(16)23)22(29)19-13-20(24-21(28)15-11-12-15)27(25-19)17-8-3-2-4-9-17/h2-10,13,15H,11-12,14H2,1H3,(H,24,28). The Morgan fingerprint density at radius 1 is 1.14 bits per heavy atom. The highest BCUT2D eigenvalue weighted by atomic mass is 19.1. The van der Waals surface area contributed by atoms with Crippen LogP contribution in [0.4, 0.5) is 10.2 Å². The van der Waals surface area contributed by atoms with E-state index in [9.17, 15) is 14.0 Å². The van der Waals surface area contributed by atoms with Gasteiger partial charge in [-0.1, -0.05) is 36.4 Å². The Kier molecular flexibility index (Phi) is 5.12. The number of nitrogens with zero attached hydrogens (tertiary/aromatic N) is 3. The number of anilines is 1. The molecule has 0 bridgehead atoms. The van der Waals surface area contributed by atoms with Gasteiger partial charge < -0.3 is 10.2 Å². The number of rotatable bonds is 6. The highest BCUT2D eigenvalue weighted by Crippen LogP contribution is 2.30. The largest absolute Gasteiger partial charge is 0.336 e. The van der Waals surface area contributed by atoms with Gasteiger partial charge in [-0.25, -0.2) is 9.07 Å². The first-order chi connectivity index (χ1) is 14.0. The molecular formula is C22H21FN4O2. The first-order valence-corrected chi connectivity index (χ1v) is 9.48. The second kappa shape index (κ2) is 7.87. The summed E-state index contributed by atoms with van der Waals surface area (Å²) in [4.78, 5) is 26.6. The van der Waals surface area contributed by atoms with Gasteiger partial charge in [0, 0.05) is 31.1 Å². The van der Waals surface area contributed by atoms with Crippen LogP contribution in [0.3, 0.4) is 0 Å². The molecule has 0 aliphatic heterocycles. The predicted molar refractivity (Wildman–Crippen MR) is 107 cm³/mol. The van der Waals surface area contributed by atoms with Crippen molar-refractivity contribution in [3.8, 4) is 5.69 Å². The average molecular weight is 392 g/mol. The van der Waals surface area contributed by atoms with Crippen LogP contribution in [0.2, 0.25) is 0 Å². The summed E-state index contributed by atoms with van der Waals surface area (Å²) >= 11 is 0. The van der Waals surface area contributed by atoms with E-state index in [0.717, 1.165) is 18.5 Å². The van der Waals surface area contributed by atoms with Gasteiger partial charge in [0.25, 0.3) is 5.91 Å². The molecule has 148 valence electrons. The van der Waals surface area contributed by atoms with Crippen LogP contribution in [-0.4, -0.2) is 33.5 Å². The van der Waals surface area contributed by atoms with Gasteiger partial charge in [0.05, 0.1) is 5.69 Å². The summed E-state index contributed by atoms with van der Waals surface area (Å²) in [6, 6.07) is 17.2. The molecule has 1 aliphatic rings. The molecule has 0 atom stereocenters. The minimum Gasteiger partial charge on any atom is -0.336 e. The number of benzene rings is 2. The lowest BCUT2D eigenvalue weighted by molar-refractivity contribution is -0.117. The minimum atomic E-state index is -0.362. The smallest absolute Gasteiger partial charge is 0.274 e. The average Bonchev–Trinajstić information content (AvgIpc) is 3.51. The molecule has 3 aromatic rings. The fourth-order valence-electron chi connectivity index (χ4n) is 3.06. The van der Waals surface area contributed by atoms with Crippen LogP contribution in [0.5, 0.6) is 0 Å². The SMILES string of the molecule is CN(Cc1ccccc1F)C(=O)c1cc(NC(=O)C2CC2)n(-c2ccccc2)n1. The summed E-state index contributed by atoms with van der Waals surface area (Å²) in [6.45, 7) is 0.119. The quantitative estimate of drug-likeness (QED) is 0.697. The summed E-state index contributed by atoms with van der Waals surface area (Å²) in [7, 11) is 1.60. The Balaban J connectivity index is 1.61. The first-order valence-electron chi connectivity index (χ1n) is 9.48. The van der Waals surface area contributed by atoms with E-state index < -0.39 is 0 Å². The van der Waals surface area contributed by atoms with Crippen molar-refractivity contribution >= 4 is 17.6 Å². The van der Waals surface area contributed by atoms with E-state index in [0.29, 0.717) is 11.4 Å². The number of carbonyl (C=O) groups excluding carboxylic acids is 2. The van der Waals surface area contributed by atoms with Gasteiger partial charge in [0.1, 0.15) is 11.6 Å². The first kappa shape index (κ1) is 18.9. The third kappa shape index (κ3) is 4.18. The molecule has 7 heteroatoms. The molecule has 0 radical (unpaired) electrons. The predicted octanol–water partition coefficient (Wildman–Crippen LogP) is 3.63. The number of nitrogens with one attached hydrogen (secondary N) is 1.